The van der Waals surface area contributed by atoms with Gasteiger partial charge in [-0.3, -0.25) is 4.90 Å². The lowest BCUT2D eigenvalue weighted by atomic mass is 9.90. The number of nitrogens with zero attached hydrogens (tertiary/aromatic N) is 1. The summed E-state index contributed by atoms with van der Waals surface area (Å²) in [7, 11) is 0. The quantitative estimate of drug-likeness (QED) is 0.868. The van der Waals surface area contributed by atoms with Crippen LogP contribution in [0.3, 0.4) is 0 Å². The Bertz CT molecular complexity index is 378. The topological polar surface area (TPSA) is 42.4 Å². The highest BCUT2D eigenvalue weighted by Crippen LogP contribution is 2.34. The maximum atomic E-state index is 5.95. The van der Waals surface area contributed by atoms with Crippen LogP contribution in [-0.4, -0.2) is 24.5 Å². The molecular weight excluding hydrogens is 360 g/mol. The van der Waals surface area contributed by atoms with Gasteiger partial charge in [0.25, 0.3) is 0 Å². The zero-order valence-electron chi connectivity index (χ0n) is 10.8. The van der Waals surface area contributed by atoms with Crippen molar-refractivity contribution in [3.8, 4) is 0 Å². The number of rotatable bonds is 3. The summed E-state index contributed by atoms with van der Waals surface area (Å²) < 4.78 is 7.44. The highest BCUT2D eigenvalue weighted by molar-refractivity contribution is 9.13. The molecule has 1 saturated heterocycles. The molecule has 1 aliphatic rings. The fourth-order valence-corrected chi connectivity index (χ4v) is 3.55. The molecule has 1 aromatic heterocycles. The molecule has 5 heteroatoms. The van der Waals surface area contributed by atoms with Gasteiger partial charge in [-0.15, -0.1) is 0 Å². The maximum absolute atomic E-state index is 5.95. The van der Waals surface area contributed by atoms with E-state index in [2.05, 4.69) is 50.6 Å². The van der Waals surface area contributed by atoms with Crippen molar-refractivity contribution in [1.82, 2.24) is 4.90 Å². The van der Waals surface area contributed by atoms with E-state index in [-0.39, 0.29) is 6.04 Å². The minimum Gasteiger partial charge on any atom is -0.451 e. The molecule has 102 valence electrons. The first kappa shape index (κ1) is 14.6. The molecule has 0 bridgehead atoms. The smallest absolute Gasteiger partial charge is 0.183 e. The fraction of sp³-hybridized carbons (Fsp3) is 0.692. The van der Waals surface area contributed by atoms with Crippen LogP contribution >= 0.6 is 31.9 Å². The van der Waals surface area contributed by atoms with E-state index in [1.807, 2.05) is 6.07 Å². The monoisotopic (exact) mass is 378 g/mol. The van der Waals surface area contributed by atoms with Crippen molar-refractivity contribution in [2.75, 3.05) is 19.6 Å². The van der Waals surface area contributed by atoms with E-state index in [1.165, 1.54) is 6.42 Å². The third-order valence-electron chi connectivity index (χ3n) is 3.55. The predicted molar refractivity (Wildman–Crippen MR) is 80.4 cm³/mol. The number of furan rings is 1. The molecule has 1 fully saturated rings. The Balaban J connectivity index is 2.17. The number of halogens is 2. The SMILES string of the molecule is CC1CC(C)CN(C(CN)c2cc(Br)c(Br)o2)C1. The first-order valence-corrected chi connectivity index (χ1v) is 7.98. The van der Waals surface area contributed by atoms with E-state index < -0.39 is 0 Å². The molecule has 3 unspecified atom stereocenters. The molecule has 0 radical (unpaired) electrons. The van der Waals surface area contributed by atoms with Crippen LogP contribution in [0.2, 0.25) is 0 Å². The summed E-state index contributed by atoms with van der Waals surface area (Å²) >= 11 is 6.85. The molecule has 2 rings (SSSR count). The largest absolute Gasteiger partial charge is 0.451 e. The van der Waals surface area contributed by atoms with E-state index in [9.17, 15) is 0 Å². The minimum absolute atomic E-state index is 0.179. The number of nitrogens with two attached hydrogens (primary N) is 1. The first-order chi connectivity index (χ1) is 8.51. The third-order valence-corrected chi connectivity index (χ3v) is 5.26. The molecule has 0 aliphatic carbocycles. The summed E-state index contributed by atoms with van der Waals surface area (Å²) in [6.07, 6.45) is 1.30. The van der Waals surface area contributed by atoms with Crippen LogP contribution in [0.15, 0.2) is 19.6 Å². The predicted octanol–water partition coefficient (Wildman–Crippen LogP) is 3.78. The van der Waals surface area contributed by atoms with E-state index in [4.69, 9.17) is 10.2 Å². The van der Waals surface area contributed by atoms with Crippen LogP contribution in [0, 0.1) is 11.8 Å². The summed E-state index contributed by atoms with van der Waals surface area (Å²) in [5.74, 6) is 2.40. The van der Waals surface area contributed by atoms with Crippen molar-refractivity contribution in [2.45, 2.75) is 26.3 Å². The average Bonchev–Trinajstić information content (AvgIpc) is 2.58. The summed E-state index contributed by atoms with van der Waals surface area (Å²) in [5.41, 5.74) is 5.95. The van der Waals surface area contributed by atoms with Gasteiger partial charge in [0.15, 0.2) is 4.67 Å². The normalized spacial score (nSPS) is 27.4. The van der Waals surface area contributed by atoms with Gasteiger partial charge in [0, 0.05) is 19.6 Å². The molecule has 18 heavy (non-hydrogen) atoms. The van der Waals surface area contributed by atoms with Crippen LogP contribution in [0.25, 0.3) is 0 Å². The van der Waals surface area contributed by atoms with Gasteiger partial charge < -0.3 is 10.2 Å². The van der Waals surface area contributed by atoms with Crippen LogP contribution in [0.5, 0.6) is 0 Å². The Kier molecular flexibility index (Phi) is 4.92. The van der Waals surface area contributed by atoms with Crippen LogP contribution in [0.1, 0.15) is 32.1 Å². The lowest BCUT2D eigenvalue weighted by molar-refractivity contribution is 0.0874. The van der Waals surface area contributed by atoms with E-state index >= 15 is 0 Å². The molecule has 3 nitrogen and oxygen atoms in total. The molecule has 2 N–H and O–H groups in total. The molecule has 0 amide bonds. The summed E-state index contributed by atoms with van der Waals surface area (Å²) in [4.78, 5) is 2.45. The maximum Gasteiger partial charge on any atom is 0.183 e. The third kappa shape index (κ3) is 3.18. The average molecular weight is 380 g/mol. The van der Waals surface area contributed by atoms with Crippen molar-refractivity contribution in [3.63, 3.8) is 0 Å². The second-order valence-corrected chi connectivity index (χ2v) is 7.00. The van der Waals surface area contributed by atoms with E-state index in [0.29, 0.717) is 6.54 Å². The van der Waals surface area contributed by atoms with Crippen molar-refractivity contribution in [2.24, 2.45) is 17.6 Å². The number of hydrogen-bond acceptors (Lipinski definition) is 3. The van der Waals surface area contributed by atoms with Gasteiger partial charge in [0.2, 0.25) is 0 Å². The molecule has 0 spiro atoms. The van der Waals surface area contributed by atoms with E-state index in [1.54, 1.807) is 0 Å². The Labute approximate surface area is 125 Å². The van der Waals surface area contributed by atoms with Gasteiger partial charge in [0.05, 0.1) is 10.5 Å². The molecule has 0 aromatic carbocycles. The van der Waals surface area contributed by atoms with Crippen molar-refractivity contribution in [3.05, 3.63) is 21.0 Å². The Morgan fingerprint density at radius 1 is 1.39 bits per heavy atom. The van der Waals surface area contributed by atoms with Gasteiger partial charge in [0.1, 0.15) is 5.76 Å². The Morgan fingerprint density at radius 2 is 2.00 bits per heavy atom. The van der Waals surface area contributed by atoms with E-state index in [0.717, 1.165) is 39.8 Å². The highest BCUT2D eigenvalue weighted by Gasteiger charge is 2.29. The van der Waals surface area contributed by atoms with Gasteiger partial charge in [-0.2, -0.15) is 0 Å². The van der Waals surface area contributed by atoms with Gasteiger partial charge >= 0.3 is 0 Å². The van der Waals surface area contributed by atoms with Crippen molar-refractivity contribution in [1.29, 1.82) is 0 Å². The molecule has 0 saturated carbocycles. The Hall–Kier alpha value is 0.160. The second kappa shape index (κ2) is 6.07. The van der Waals surface area contributed by atoms with Gasteiger partial charge in [-0.05, 0) is 56.2 Å². The molecule has 3 atom stereocenters. The van der Waals surface area contributed by atoms with Crippen LogP contribution in [-0.2, 0) is 0 Å². The second-order valence-electron chi connectivity index (χ2n) is 5.42. The molecule has 2 heterocycles. The summed E-state index contributed by atoms with van der Waals surface area (Å²) in [6, 6.07) is 2.20. The van der Waals surface area contributed by atoms with Crippen LogP contribution < -0.4 is 5.73 Å². The zero-order chi connectivity index (χ0) is 13.3. The number of piperidine rings is 1. The van der Waals surface area contributed by atoms with Gasteiger partial charge in [-0.1, -0.05) is 13.8 Å². The van der Waals surface area contributed by atoms with Crippen molar-refractivity contribution >= 4 is 31.9 Å². The molecule has 1 aliphatic heterocycles. The lowest BCUT2D eigenvalue weighted by Gasteiger charge is -2.38. The minimum atomic E-state index is 0.179. The van der Waals surface area contributed by atoms with Gasteiger partial charge in [-0.25, -0.2) is 0 Å². The number of likely N-dealkylation sites (tertiary alicyclic amines) is 1. The highest BCUT2D eigenvalue weighted by atomic mass is 79.9. The molecule has 1 aromatic rings. The lowest BCUT2D eigenvalue weighted by Crippen LogP contribution is -2.43. The zero-order valence-corrected chi connectivity index (χ0v) is 14.0. The Morgan fingerprint density at radius 3 is 2.44 bits per heavy atom. The number of hydrogen-bond donors (Lipinski definition) is 1. The summed E-state index contributed by atoms with van der Waals surface area (Å²) in [6.45, 7) is 7.41. The fourth-order valence-electron chi connectivity index (χ4n) is 2.94. The standard InChI is InChI=1S/C13H20Br2N2O/c1-8-3-9(2)7-17(6-8)11(5-16)12-4-10(14)13(15)18-12/h4,8-9,11H,3,5-7,16H2,1-2H3. The van der Waals surface area contributed by atoms with Crippen LogP contribution in [0.4, 0.5) is 0 Å². The van der Waals surface area contributed by atoms with Crippen molar-refractivity contribution < 1.29 is 4.42 Å². The summed E-state index contributed by atoms with van der Waals surface area (Å²) in [5, 5.41) is 0. The first-order valence-electron chi connectivity index (χ1n) is 6.40. The molecular formula is C13H20Br2N2O.